The summed E-state index contributed by atoms with van der Waals surface area (Å²) in [6.45, 7) is 4.37. The number of urea groups is 1. The summed E-state index contributed by atoms with van der Waals surface area (Å²) >= 11 is 5.95. The van der Waals surface area contributed by atoms with Crippen LogP contribution in [0.25, 0.3) is 0 Å². The molecule has 1 rings (SSSR count). The third-order valence-electron chi connectivity index (χ3n) is 2.94. The van der Waals surface area contributed by atoms with E-state index in [4.69, 9.17) is 16.7 Å². The highest BCUT2D eigenvalue weighted by Crippen LogP contribution is 2.20. The van der Waals surface area contributed by atoms with E-state index in [9.17, 15) is 9.59 Å². The van der Waals surface area contributed by atoms with Gasteiger partial charge in [0.05, 0.1) is 10.7 Å². The minimum Gasteiger partial charge on any atom is -0.481 e. The molecule has 0 unspecified atom stereocenters. The van der Waals surface area contributed by atoms with Gasteiger partial charge in [0, 0.05) is 13.0 Å². The molecule has 6 heteroatoms. The summed E-state index contributed by atoms with van der Waals surface area (Å²) in [6, 6.07) is 6.54. The minimum absolute atomic E-state index is 0.0462. The normalized spacial score (nSPS) is 12.0. The van der Waals surface area contributed by atoms with Crippen LogP contribution in [0.15, 0.2) is 24.3 Å². The van der Waals surface area contributed by atoms with Gasteiger partial charge in [0.1, 0.15) is 0 Å². The molecule has 21 heavy (non-hydrogen) atoms. The van der Waals surface area contributed by atoms with Gasteiger partial charge in [-0.2, -0.15) is 0 Å². The van der Waals surface area contributed by atoms with Crippen LogP contribution in [0, 0.1) is 11.8 Å². The first-order chi connectivity index (χ1) is 9.88. The predicted octanol–water partition coefficient (Wildman–Crippen LogP) is 3.60. The number of rotatable bonds is 7. The number of benzene rings is 1. The van der Waals surface area contributed by atoms with Crippen LogP contribution in [0.3, 0.4) is 0 Å². The summed E-state index contributed by atoms with van der Waals surface area (Å²) in [4.78, 5) is 22.6. The van der Waals surface area contributed by atoms with Crippen LogP contribution in [0.2, 0.25) is 5.02 Å². The Morgan fingerprint density at radius 2 is 1.95 bits per heavy atom. The van der Waals surface area contributed by atoms with Gasteiger partial charge in [-0.25, -0.2) is 4.79 Å². The van der Waals surface area contributed by atoms with Crippen LogP contribution >= 0.6 is 11.6 Å². The molecule has 0 saturated carbocycles. The maximum absolute atomic E-state index is 11.8. The summed E-state index contributed by atoms with van der Waals surface area (Å²) in [5, 5.41) is 14.7. The Morgan fingerprint density at radius 3 is 2.52 bits per heavy atom. The van der Waals surface area contributed by atoms with Crippen molar-refractivity contribution in [1.82, 2.24) is 5.32 Å². The fourth-order valence-electron chi connectivity index (χ4n) is 2.12. The van der Waals surface area contributed by atoms with E-state index in [-0.39, 0.29) is 18.4 Å². The summed E-state index contributed by atoms with van der Waals surface area (Å²) in [5.41, 5.74) is 0.523. The lowest BCUT2D eigenvalue weighted by Gasteiger charge is -2.18. The van der Waals surface area contributed by atoms with Gasteiger partial charge in [0.2, 0.25) is 0 Å². The molecule has 0 aliphatic heterocycles. The van der Waals surface area contributed by atoms with E-state index in [1.54, 1.807) is 24.3 Å². The first kappa shape index (κ1) is 17.3. The molecule has 0 spiro atoms. The van der Waals surface area contributed by atoms with E-state index in [0.29, 0.717) is 23.2 Å². The molecule has 0 radical (unpaired) electrons. The zero-order valence-electron chi connectivity index (χ0n) is 12.2. The van der Waals surface area contributed by atoms with Crippen LogP contribution in [-0.4, -0.2) is 23.7 Å². The number of aliphatic carboxylic acids is 1. The number of para-hydroxylation sites is 1. The van der Waals surface area contributed by atoms with Crippen molar-refractivity contribution in [3.8, 4) is 0 Å². The Labute approximate surface area is 129 Å². The van der Waals surface area contributed by atoms with Crippen molar-refractivity contribution in [1.29, 1.82) is 0 Å². The largest absolute Gasteiger partial charge is 0.481 e. The van der Waals surface area contributed by atoms with Crippen LogP contribution in [0.1, 0.15) is 26.7 Å². The third kappa shape index (κ3) is 6.99. The molecular formula is C15H21ClN2O3. The molecule has 5 nitrogen and oxygen atoms in total. The van der Waals surface area contributed by atoms with Gasteiger partial charge >= 0.3 is 12.0 Å². The van der Waals surface area contributed by atoms with Crippen molar-refractivity contribution in [3.05, 3.63) is 29.3 Å². The van der Waals surface area contributed by atoms with Crippen molar-refractivity contribution < 1.29 is 14.7 Å². The fourth-order valence-corrected chi connectivity index (χ4v) is 2.30. The Bertz CT molecular complexity index is 492. The van der Waals surface area contributed by atoms with E-state index in [1.165, 1.54) is 0 Å². The lowest BCUT2D eigenvalue weighted by atomic mass is 9.94. The van der Waals surface area contributed by atoms with E-state index in [1.807, 2.05) is 13.8 Å². The number of carbonyl (C=O) groups is 2. The number of anilines is 1. The van der Waals surface area contributed by atoms with Crippen LogP contribution < -0.4 is 10.6 Å². The lowest BCUT2D eigenvalue weighted by Crippen LogP contribution is -2.34. The Morgan fingerprint density at radius 1 is 1.29 bits per heavy atom. The number of hydrogen-bond acceptors (Lipinski definition) is 2. The van der Waals surface area contributed by atoms with E-state index in [0.717, 1.165) is 6.42 Å². The minimum atomic E-state index is -0.853. The zero-order valence-corrected chi connectivity index (χ0v) is 13.0. The zero-order chi connectivity index (χ0) is 15.8. The van der Waals surface area contributed by atoms with Crippen molar-refractivity contribution in [2.45, 2.75) is 26.7 Å². The highest BCUT2D eigenvalue weighted by molar-refractivity contribution is 6.33. The van der Waals surface area contributed by atoms with E-state index in [2.05, 4.69) is 10.6 Å². The number of hydrogen-bond donors (Lipinski definition) is 3. The highest BCUT2D eigenvalue weighted by atomic mass is 35.5. The number of halogens is 1. The van der Waals surface area contributed by atoms with Gasteiger partial charge in [-0.1, -0.05) is 37.6 Å². The van der Waals surface area contributed by atoms with Crippen LogP contribution in [0.4, 0.5) is 10.5 Å². The number of carboxylic acids is 1. The fraction of sp³-hybridized carbons (Fsp3) is 0.467. The first-order valence-corrected chi connectivity index (χ1v) is 7.27. The maximum atomic E-state index is 11.8. The van der Waals surface area contributed by atoms with Crippen molar-refractivity contribution >= 4 is 29.3 Å². The van der Waals surface area contributed by atoms with Gasteiger partial charge in [0.15, 0.2) is 0 Å². The molecule has 0 heterocycles. The number of carboxylic acid groups (broad SMARTS) is 1. The lowest BCUT2D eigenvalue weighted by molar-refractivity contribution is -0.138. The summed E-state index contributed by atoms with van der Waals surface area (Å²) < 4.78 is 0. The Kier molecular flexibility index (Phi) is 7.02. The monoisotopic (exact) mass is 312 g/mol. The maximum Gasteiger partial charge on any atom is 0.319 e. The van der Waals surface area contributed by atoms with Crippen LogP contribution in [0.5, 0.6) is 0 Å². The Balaban J connectivity index is 2.49. The van der Waals surface area contributed by atoms with Gasteiger partial charge in [-0.3, -0.25) is 4.79 Å². The molecule has 0 fully saturated rings. The average Bonchev–Trinajstić information content (AvgIpc) is 2.37. The summed E-state index contributed by atoms with van der Waals surface area (Å²) in [5.74, 6) is -0.559. The molecule has 1 aromatic rings. The first-order valence-electron chi connectivity index (χ1n) is 6.89. The highest BCUT2D eigenvalue weighted by Gasteiger charge is 2.16. The SMILES string of the molecule is CC(C)C[C@H](CNC(=O)Nc1ccccc1Cl)CC(=O)O. The topological polar surface area (TPSA) is 78.4 Å². The second-order valence-electron chi connectivity index (χ2n) is 5.41. The summed E-state index contributed by atoms with van der Waals surface area (Å²) in [6.07, 6.45) is 0.795. The second-order valence-corrected chi connectivity index (χ2v) is 5.82. The van der Waals surface area contributed by atoms with Gasteiger partial charge in [0.25, 0.3) is 0 Å². The predicted molar refractivity (Wildman–Crippen MR) is 83.7 cm³/mol. The molecule has 2 amide bonds. The van der Waals surface area contributed by atoms with Crippen molar-refractivity contribution in [2.24, 2.45) is 11.8 Å². The molecular weight excluding hydrogens is 292 g/mol. The number of carbonyl (C=O) groups excluding carboxylic acids is 1. The molecule has 0 saturated heterocycles. The van der Waals surface area contributed by atoms with Crippen molar-refractivity contribution in [3.63, 3.8) is 0 Å². The molecule has 0 aliphatic rings. The Hall–Kier alpha value is -1.75. The molecule has 0 aromatic heterocycles. The molecule has 0 bridgehead atoms. The van der Waals surface area contributed by atoms with Gasteiger partial charge in [-0.15, -0.1) is 0 Å². The van der Waals surface area contributed by atoms with E-state index < -0.39 is 5.97 Å². The number of amides is 2. The summed E-state index contributed by atoms with van der Waals surface area (Å²) in [7, 11) is 0. The molecule has 0 aliphatic carbocycles. The standard InChI is InChI=1S/C15H21ClN2O3/c1-10(2)7-11(8-14(19)20)9-17-15(21)18-13-6-4-3-5-12(13)16/h3-6,10-11H,7-9H2,1-2H3,(H,19,20)(H2,17,18,21)/t11-/m0/s1. The molecule has 3 N–H and O–H groups in total. The third-order valence-corrected chi connectivity index (χ3v) is 3.27. The number of nitrogens with one attached hydrogen (secondary N) is 2. The van der Waals surface area contributed by atoms with Gasteiger partial charge in [-0.05, 0) is 30.4 Å². The molecule has 1 aromatic carbocycles. The van der Waals surface area contributed by atoms with Crippen molar-refractivity contribution in [2.75, 3.05) is 11.9 Å². The van der Waals surface area contributed by atoms with E-state index >= 15 is 0 Å². The second kappa shape index (κ2) is 8.52. The smallest absolute Gasteiger partial charge is 0.319 e. The average molecular weight is 313 g/mol. The molecule has 116 valence electrons. The quantitative estimate of drug-likeness (QED) is 0.719. The van der Waals surface area contributed by atoms with Crippen LogP contribution in [-0.2, 0) is 4.79 Å². The van der Waals surface area contributed by atoms with Gasteiger partial charge < -0.3 is 15.7 Å². The molecule has 1 atom stereocenters.